The van der Waals surface area contributed by atoms with E-state index < -0.39 is 29.9 Å². The summed E-state index contributed by atoms with van der Waals surface area (Å²) in [6.45, 7) is 3.73. The molecule has 8 heteroatoms. The summed E-state index contributed by atoms with van der Waals surface area (Å²) >= 11 is 0. The second-order valence-corrected chi connectivity index (χ2v) is 6.84. The summed E-state index contributed by atoms with van der Waals surface area (Å²) < 4.78 is 5.28. The fourth-order valence-corrected chi connectivity index (χ4v) is 3.36. The summed E-state index contributed by atoms with van der Waals surface area (Å²) in [7, 11) is 0. The standard InChI is InChI=1S/C16H25N3O5/c1-9(2)13(14(21)18-16(17)23)24-15(22)10-7-12(20)19(8-10)11-5-3-4-6-11/h9-11,13H,3-8H2,1-2H3,(H3,17,18,21,23)/t10-,13-/m1/s1. The van der Waals surface area contributed by atoms with Crippen LogP contribution in [0.4, 0.5) is 4.79 Å². The Bertz CT molecular complexity index is 528. The van der Waals surface area contributed by atoms with Crippen molar-refractivity contribution in [2.45, 2.75) is 58.1 Å². The van der Waals surface area contributed by atoms with E-state index in [1.807, 2.05) is 5.32 Å². The molecule has 8 nitrogen and oxygen atoms in total. The van der Waals surface area contributed by atoms with Crippen molar-refractivity contribution in [3.8, 4) is 0 Å². The van der Waals surface area contributed by atoms with Gasteiger partial charge in [-0.25, -0.2) is 4.79 Å². The summed E-state index contributed by atoms with van der Waals surface area (Å²) in [6, 6.07) is -0.778. The van der Waals surface area contributed by atoms with Crippen LogP contribution >= 0.6 is 0 Å². The number of hydrogen-bond acceptors (Lipinski definition) is 5. The van der Waals surface area contributed by atoms with Crippen LogP contribution in [0.5, 0.6) is 0 Å². The molecule has 0 unspecified atom stereocenters. The number of nitrogens with zero attached hydrogens (tertiary/aromatic N) is 1. The number of hydrogen-bond donors (Lipinski definition) is 2. The maximum absolute atomic E-state index is 12.4. The first kappa shape index (κ1) is 18.2. The highest BCUT2D eigenvalue weighted by Gasteiger charge is 2.41. The average Bonchev–Trinajstić information content (AvgIpc) is 3.12. The van der Waals surface area contributed by atoms with Crippen molar-refractivity contribution in [1.29, 1.82) is 0 Å². The minimum absolute atomic E-state index is 0.0356. The summed E-state index contributed by atoms with van der Waals surface area (Å²) in [6.07, 6.45) is 3.16. The van der Waals surface area contributed by atoms with Gasteiger partial charge in [-0.1, -0.05) is 26.7 Å². The maximum Gasteiger partial charge on any atom is 0.318 e. The van der Waals surface area contributed by atoms with E-state index in [-0.39, 0.29) is 24.3 Å². The average molecular weight is 339 g/mol. The van der Waals surface area contributed by atoms with E-state index in [2.05, 4.69) is 0 Å². The van der Waals surface area contributed by atoms with Gasteiger partial charge in [-0.05, 0) is 18.8 Å². The molecule has 2 fully saturated rings. The van der Waals surface area contributed by atoms with Gasteiger partial charge in [0.2, 0.25) is 5.91 Å². The van der Waals surface area contributed by atoms with Gasteiger partial charge in [0.1, 0.15) is 0 Å². The van der Waals surface area contributed by atoms with E-state index in [1.165, 1.54) is 0 Å². The number of likely N-dealkylation sites (tertiary alicyclic amines) is 1. The SMILES string of the molecule is CC(C)[C@@H](OC(=O)[C@@H]1CC(=O)N(C2CCCC2)C1)C(=O)NC(N)=O. The Morgan fingerprint density at radius 1 is 1.25 bits per heavy atom. The lowest BCUT2D eigenvalue weighted by Crippen LogP contribution is -2.46. The van der Waals surface area contributed by atoms with Gasteiger partial charge >= 0.3 is 12.0 Å². The van der Waals surface area contributed by atoms with Crippen molar-refractivity contribution in [2.75, 3.05) is 6.54 Å². The molecule has 0 bridgehead atoms. The Morgan fingerprint density at radius 2 is 1.88 bits per heavy atom. The number of urea groups is 1. The summed E-state index contributed by atoms with van der Waals surface area (Å²) in [5, 5.41) is 1.93. The second-order valence-electron chi connectivity index (χ2n) is 6.84. The van der Waals surface area contributed by atoms with Crippen LogP contribution in [0.3, 0.4) is 0 Å². The third-order valence-corrected chi connectivity index (χ3v) is 4.61. The van der Waals surface area contributed by atoms with Gasteiger partial charge in [0.05, 0.1) is 5.92 Å². The molecular weight excluding hydrogens is 314 g/mol. The Hall–Kier alpha value is -2.12. The zero-order chi connectivity index (χ0) is 17.9. The summed E-state index contributed by atoms with van der Waals surface area (Å²) in [5.41, 5.74) is 4.93. The fourth-order valence-electron chi connectivity index (χ4n) is 3.36. The number of nitrogens with two attached hydrogens (primary N) is 1. The Labute approximate surface area is 141 Å². The van der Waals surface area contributed by atoms with Gasteiger partial charge in [-0.15, -0.1) is 0 Å². The molecule has 0 aromatic rings. The predicted octanol–water partition coefficient (Wildman–Crippen LogP) is 0.540. The quantitative estimate of drug-likeness (QED) is 0.709. The lowest BCUT2D eigenvalue weighted by molar-refractivity contribution is -0.162. The third-order valence-electron chi connectivity index (χ3n) is 4.61. The molecule has 2 atom stereocenters. The Balaban J connectivity index is 1.96. The van der Waals surface area contributed by atoms with Crippen molar-refractivity contribution >= 4 is 23.8 Å². The lowest BCUT2D eigenvalue weighted by Gasteiger charge is -2.24. The molecule has 134 valence electrons. The number of amides is 4. The molecule has 0 radical (unpaired) electrons. The molecule has 1 aliphatic carbocycles. The van der Waals surface area contributed by atoms with Crippen LogP contribution in [0.15, 0.2) is 0 Å². The molecule has 24 heavy (non-hydrogen) atoms. The van der Waals surface area contributed by atoms with Crippen LogP contribution in [0.25, 0.3) is 0 Å². The van der Waals surface area contributed by atoms with Crippen LogP contribution in [0, 0.1) is 11.8 Å². The number of carbonyl (C=O) groups excluding carboxylic acids is 4. The van der Waals surface area contributed by atoms with Gasteiger partial charge in [-0.3, -0.25) is 19.7 Å². The van der Waals surface area contributed by atoms with Gasteiger partial charge < -0.3 is 15.4 Å². The number of rotatable bonds is 5. The number of esters is 1. The minimum atomic E-state index is -1.11. The molecule has 0 spiro atoms. The number of nitrogens with one attached hydrogen (secondary N) is 1. The van der Waals surface area contributed by atoms with E-state index in [4.69, 9.17) is 10.5 Å². The van der Waals surface area contributed by atoms with Gasteiger partial charge in [0.25, 0.3) is 5.91 Å². The number of imide groups is 1. The smallest absolute Gasteiger partial charge is 0.318 e. The van der Waals surface area contributed by atoms with Crippen molar-refractivity contribution in [3.05, 3.63) is 0 Å². The Morgan fingerprint density at radius 3 is 2.42 bits per heavy atom. The van der Waals surface area contributed by atoms with E-state index in [0.717, 1.165) is 25.7 Å². The zero-order valence-electron chi connectivity index (χ0n) is 14.1. The Kier molecular flexibility index (Phi) is 5.80. The van der Waals surface area contributed by atoms with E-state index in [1.54, 1.807) is 18.7 Å². The number of primary amides is 1. The first-order valence-corrected chi connectivity index (χ1v) is 8.39. The van der Waals surface area contributed by atoms with Crippen molar-refractivity contribution in [2.24, 2.45) is 17.6 Å². The second kappa shape index (κ2) is 7.63. The largest absolute Gasteiger partial charge is 0.452 e. The van der Waals surface area contributed by atoms with Gasteiger partial charge in [0, 0.05) is 19.0 Å². The van der Waals surface area contributed by atoms with E-state index >= 15 is 0 Å². The first-order chi connectivity index (χ1) is 11.3. The summed E-state index contributed by atoms with van der Waals surface area (Å²) in [4.78, 5) is 49.0. The van der Waals surface area contributed by atoms with Gasteiger partial charge in [0.15, 0.2) is 6.10 Å². The molecule has 1 aliphatic heterocycles. The highest BCUT2D eigenvalue weighted by Crippen LogP contribution is 2.30. The van der Waals surface area contributed by atoms with Gasteiger partial charge in [-0.2, -0.15) is 0 Å². The van der Waals surface area contributed by atoms with E-state index in [0.29, 0.717) is 6.54 Å². The molecule has 1 heterocycles. The topological polar surface area (TPSA) is 119 Å². The highest BCUT2D eigenvalue weighted by atomic mass is 16.5. The minimum Gasteiger partial charge on any atom is -0.452 e. The van der Waals surface area contributed by atoms with Crippen molar-refractivity contribution < 1.29 is 23.9 Å². The monoisotopic (exact) mass is 339 g/mol. The predicted molar refractivity (Wildman–Crippen MR) is 84.5 cm³/mol. The molecule has 2 aliphatic rings. The molecule has 1 saturated heterocycles. The van der Waals surface area contributed by atoms with Crippen molar-refractivity contribution in [3.63, 3.8) is 0 Å². The van der Waals surface area contributed by atoms with Crippen LogP contribution in [0.1, 0.15) is 46.0 Å². The fraction of sp³-hybridized carbons (Fsp3) is 0.750. The summed E-state index contributed by atoms with van der Waals surface area (Å²) in [5.74, 6) is -2.26. The third kappa shape index (κ3) is 4.24. The highest BCUT2D eigenvalue weighted by molar-refractivity contribution is 5.97. The van der Waals surface area contributed by atoms with E-state index in [9.17, 15) is 19.2 Å². The van der Waals surface area contributed by atoms with Crippen LogP contribution < -0.4 is 11.1 Å². The molecule has 3 N–H and O–H groups in total. The maximum atomic E-state index is 12.4. The molecular formula is C16H25N3O5. The number of ether oxygens (including phenoxy) is 1. The normalized spacial score (nSPS) is 22.7. The van der Waals surface area contributed by atoms with Crippen LogP contribution in [0.2, 0.25) is 0 Å². The van der Waals surface area contributed by atoms with Crippen LogP contribution in [-0.4, -0.2) is 47.4 Å². The molecule has 0 aromatic carbocycles. The molecule has 2 rings (SSSR count). The first-order valence-electron chi connectivity index (χ1n) is 8.39. The van der Waals surface area contributed by atoms with Crippen LogP contribution in [-0.2, 0) is 19.1 Å². The van der Waals surface area contributed by atoms with Crippen molar-refractivity contribution in [1.82, 2.24) is 10.2 Å². The molecule has 0 aromatic heterocycles. The molecule has 4 amide bonds. The number of carbonyl (C=O) groups is 4. The zero-order valence-corrected chi connectivity index (χ0v) is 14.1. The lowest BCUT2D eigenvalue weighted by atomic mass is 10.1. The molecule has 1 saturated carbocycles.